The van der Waals surface area contributed by atoms with Gasteiger partial charge in [0.05, 0.1) is 17.4 Å². The van der Waals surface area contributed by atoms with Crippen molar-refractivity contribution in [3.8, 4) is 0 Å². The highest BCUT2D eigenvalue weighted by molar-refractivity contribution is 5.93. The molecule has 148 valence electrons. The number of fused-ring (bicyclic) bond motifs is 2. The van der Waals surface area contributed by atoms with Gasteiger partial charge in [0.15, 0.2) is 23.7 Å². The minimum absolute atomic E-state index is 0.120. The van der Waals surface area contributed by atoms with Crippen molar-refractivity contribution in [2.75, 3.05) is 6.54 Å². The van der Waals surface area contributed by atoms with Gasteiger partial charge in [-0.05, 0) is 12.1 Å². The van der Waals surface area contributed by atoms with E-state index in [9.17, 15) is 13.6 Å². The molecule has 1 aliphatic rings. The zero-order chi connectivity index (χ0) is 20.1. The molecule has 1 atom stereocenters. The number of hydrogen-bond donors (Lipinski definition) is 1. The summed E-state index contributed by atoms with van der Waals surface area (Å²) < 4.78 is 52.3. The smallest absolute Gasteiger partial charge is 0.292 e. The first-order valence-electron chi connectivity index (χ1n) is 8.77. The molecule has 3 aromatic heterocycles. The first-order valence-corrected chi connectivity index (χ1v) is 8.77. The highest BCUT2D eigenvalue weighted by Gasteiger charge is 2.41. The van der Waals surface area contributed by atoms with Crippen LogP contribution in [0.5, 0.6) is 0 Å². The molecule has 0 saturated carbocycles. The molecule has 0 fully saturated rings. The minimum atomic E-state index is -2.99. The summed E-state index contributed by atoms with van der Waals surface area (Å²) in [6, 6.07) is 5.48. The molecule has 0 bridgehead atoms. The highest BCUT2D eigenvalue weighted by atomic mass is 19.3. The molecule has 0 radical (unpaired) electrons. The van der Waals surface area contributed by atoms with Crippen molar-refractivity contribution in [3.05, 3.63) is 71.4 Å². The van der Waals surface area contributed by atoms with Gasteiger partial charge in [0, 0.05) is 18.7 Å². The van der Waals surface area contributed by atoms with Gasteiger partial charge < -0.3 is 18.7 Å². The number of nitrogens with one attached hydrogen (secondary N) is 1. The van der Waals surface area contributed by atoms with Crippen molar-refractivity contribution < 1.29 is 26.8 Å². The van der Waals surface area contributed by atoms with Gasteiger partial charge in [0.2, 0.25) is 5.76 Å². The average molecular weight is 402 g/mol. The molecule has 0 aliphatic carbocycles. The summed E-state index contributed by atoms with van der Waals surface area (Å²) in [5, 5.41) is 0.255. The molecule has 0 unspecified atom stereocenters. The zero-order valence-corrected chi connectivity index (χ0v) is 14.7. The molecule has 4 heterocycles. The van der Waals surface area contributed by atoms with Crippen LogP contribution in [-0.2, 0) is 6.42 Å². The van der Waals surface area contributed by atoms with E-state index in [2.05, 4.69) is 15.0 Å². The Hall–Kier alpha value is -3.56. The van der Waals surface area contributed by atoms with Gasteiger partial charge >= 0.3 is 0 Å². The number of halogens is 3. The van der Waals surface area contributed by atoms with Gasteiger partial charge in [0.25, 0.3) is 12.3 Å². The SMILES string of the molecule is O=C(c1ocnc1C(F)F)N1CCc2[nH]cnc2[C@@H]1c1oc2ccccc2c1F. The molecule has 0 spiro atoms. The Morgan fingerprint density at radius 1 is 1.28 bits per heavy atom. The highest BCUT2D eigenvalue weighted by Crippen LogP contribution is 2.39. The standard InChI is InChI=1S/C19H13F3N4O3/c20-12-9-3-1-2-4-11(9)29-16(12)15-13-10(23-7-24-13)5-6-26(15)19(27)17-14(18(21)22)25-8-28-17/h1-4,7-8,15,18H,5-6H2,(H,23,24)/t15-/m1/s1. The van der Waals surface area contributed by atoms with Gasteiger partial charge in [-0.2, -0.15) is 0 Å². The Kier molecular flexibility index (Phi) is 3.93. The predicted molar refractivity (Wildman–Crippen MR) is 92.8 cm³/mol. The van der Waals surface area contributed by atoms with E-state index in [1.54, 1.807) is 24.3 Å². The maximum Gasteiger partial charge on any atom is 0.292 e. The van der Waals surface area contributed by atoms with Crippen LogP contribution in [0.3, 0.4) is 0 Å². The largest absolute Gasteiger partial charge is 0.455 e. The van der Waals surface area contributed by atoms with Crippen LogP contribution in [0.2, 0.25) is 0 Å². The van der Waals surface area contributed by atoms with Crippen molar-refractivity contribution in [2.45, 2.75) is 18.9 Å². The van der Waals surface area contributed by atoms with E-state index in [0.29, 0.717) is 23.4 Å². The van der Waals surface area contributed by atoms with Crippen LogP contribution in [0.25, 0.3) is 11.0 Å². The molecule has 1 aromatic carbocycles. The van der Waals surface area contributed by atoms with Crippen LogP contribution >= 0.6 is 0 Å². The van der Waals surface area contributed by atoms with Gasteiger partial charge in [-0.15, -0.1) is 0 Å². The number of alkyl halides is 2. The summed E-state index contributed by atoms with van der Waals surface area (Å²) in [7, 11) is 0. The van der Waals surface area contributed by atoms with Crippen molar-refractivity contribution in [1.29, 1.82) is 0 Å². The number of aromatic nitrogens is 3. The summed E-state index contributed by atoms with van der Waals surface area (Å²) in [5.74, 6) is -2.17. The Balaban J connectivity index is 1.66. The maximum absolute atomic E-state index is 15.2. The topological polar surface area (TPSA) is 88.2 Å². The second-order valence-electron chi connectivity index (χ2n) is 6.56. The minimum Gasteiger partial charge on any atom is -0.455 e. The van der Waals surface area contributed by atoms with Crippen LogP contribution in [0.1, 0.15) is 45.9 Å². The number of amides is 1. The van der Waals surface area contributed by atoms with E-state index in [1.165, 1.54) is 11.2 Å². The first-order chi connectivity index (χ1) is 14.1. The number of imidazole rings is 1. The molecule has 5 rings (SSSR count). The van der Waals surface area contributed by atoms with E-state index in [0.717, 1.165) is 6.39 Å². The van der Waals surface area contributed by atoms with Crippen molar-refractivity contribution in [2.24, 2.45) is 0 Å². The maximum atomic E-state index is 15.2. The molecule has 1 amide bonds. The fraction of sp³-hybridized carbons (Fsp3) is 0.211. The van der Waals surface area contributed by atoms with E-state index in [-0.39, 0.29) is 17.7 Å². The van der Waals surface area contributed by atoms with Crippen LogP contribution in [-0.4, -0.2) is 32.3 Å². The van der Waals surface area contributed by atoms with Gasteiger partial charge in [-0.3, -0.25) is 4.79 Å². The number of H-pyrrole nitrogens is 1. The van der Waals surface area contributed by atoms with Gasteiger partial charge in [-0.25, -0.2) is 23.1 Å². The number of aromatic amines is 1. The monoisotopic (exact) mass is 402 g/mol. The second-order valence-corrected chi connectivity index (χ2v) is 6.56. The normalized spacial score (nSPS) is 16.6. The van der Waals surface area contributed by atoms with Gasteiger partial charge in [-0.1, -0.05) is 12.1 Å². The molecule has 10 heteroatoms. The molecule has 1 aliphatic heterocycles. The number of carbonyl (C=O) groups excluding carboxylic acids is 1. The lowest BCUT2D eigenvalue weighted by molar-refractivity contribution is 0.0621. The third kappa shape index (κ3) is 2.63. The number of furan rings is 1. The second kappa shape index (κ2) is 6.50. The summed E-state index contributed by atoms with van der Waals surface area (Å²) in [6.45, 7) is 0.124. The van der Waals surface area contributed by atoms with Crippen LogP contribution < -0.4 is 0 Å². The first kappa shape index (κ1) is 17.5. The van der Waals surface area contributed by atoms with Crippen LogP contribution in [0, 0.1) is 5.82 Å². The lowest BCUT2D eigenvalue weighted by Crippen LogP contribution is -2.41. The molecule has 1 N–H and O–H groups in total. The quantitative estimate of drug-likeness (QED) is 0.560. The number of carbonyl (C=O) groups is 1. The Labute approximate surface area is 161 Å². The molecular weight excluding hydrogens is 389 g/mol. The van der Waals surface area contributed by atoms with E-state index in [1.807, 2.05) is 0 Å². The summed E-state index contributed by atoms with van der Waals surface area (Å²) >= 11 is 0. The van der Waals surface area contributed by atoms with E-state index >= 15 is 4.39 Å². The van der Waals surface area contributed by atoms with Crippen molar-refractivity contribution in [3.63, 3.8) is 0 Å². The fourth-order valence-corrected chi connectivity index (χ4v) is 3.67. The summed E-state index contributed by atoms with van der Waals surface area (Å²) in [4.78, 5) is 24.9. The van der Waals surface area contributed by atoms with Crippen molar-refractivity contribution in [1.82, 2.24) is 19.9 Å². The predicted octanol–water partition coefficient (Wildman–Crippen LogP) is 4.01. The van der Waals surface area contributed by atoms with Gasteiger partial charge in [0.1, 0.15) is 11.6 Å². The third-order valence-corrected chi connectivity index (χ3v) is 4.99. The number of oxazole rings is 1. The Bertz CT molecular complexity index is 1210. The average Bonchev–Trinajstić information content (AvgIpc) is 3.45. The molecule has 4 aromatic rings. The van der Waals surface area contributed by atoms with E-state index in [4.69, 9.17) is 8.83 Å². The number of hydrogen-bond acceptors (Lipinski definition) is 5. The number of para-hydroxylation sites is 1. The fourth-order valence-electron chi connectivity index (χ4n) is 3.67. The number of benzene rings is 1. The number of rotatable bonds is 3. The lowest BCUT2D eigenvalue weighted by atomic mass is 9.99. The Morgan fingerprint density at radius 2 is 2.10 bits per heavy atom. The number of nitrogens with zero attached hydrogens (tertiary/aromatic N) is 3. The summed E-state index contributed by atoms with van der Waals surface area (Å²) in [5.41, 5.74) is 0.654. The molecule has 7 nitrogen and oxygen atoms in total. The molecule has 29 heavy (non-hydrogen) atoms. The summed E-state index contributed by atoms with van der Waals surface area (Å²) in [6.07, 6.45) is -0.377. The third-order valence-electron chi connectivity index (χ3n) is 4.99. The molecule has 0 saturated heterocycles. The van der Waals surface area contributed by atoms with Crippen LogP contribution in [0.15, 0.2) is 45.8 Å². The zero-order valence-electron chi connectivity index (χ0n) is 14.7. The lowest BCUT2D eigenvalue weighted by Gasteiger charge is -2.33. The van der Waals surface area contributed by atoms with Crippen LogP contribution in [0.4, 0.5) is 13.2 Å². The Morgan fingerprint density at radius 3 is 2.90 bits per heavy atom. The van der Waals surface area contributed by atoms with Crippen molar-refractivity contribution >= 4 is 16.9 Å². The van der Waals surface area contributed by atoms with E-state index < -0.39 is 35.6 Å². The molecular formula is C19H13F3N4O3.